The minimum absolute atomic E-state index is 0.0718. The normalized spacial score (nSPS) is 15.1. The van der Waals surface area contributed by atoms with E-state index in [-0.39, 0.29) is 31.4 Å². The van der Waals surface area contributed by atoms with Crippen molar-refractivity contribution in [1.82, 2.24) is 0 Å². The second-order valence-corrected chi connectivity index (χ2v) is 16.2. The van der Waals surface area contributed by atoms with Crippen molar-refractivity contribution in [3.05, 3.63) is 0 Å². The van der Waals surface area contributed by atoms with Crippen LogP contribution in [0.25, 0.3) is 0 Å². The van der Waals surface area contributed by atoms with Crippen molar-refractivity contribution in [3.63, 3.8) is 0 Å². The van der Waals surface area contributed by atoms with E-state index in [1.54, 1.807) is 41.5 Å². The van der Waals surface area contributed by atoms with Gasteiger partial charge in [0.25, 0.3) is 0 Å². The SMILES string of the molecule is CC(C)(C)OP(=O)(O)OCCCCCCCC(=O)CSCCC(=O)CCCOCCOCCOCCOP(=O)(O)OC(C)(C)C. The summed E-state index contributed by atoms with van der Waals surface area (Å²) in [5.74, 6) is 1.39. The van der Waals surface area contributed by atoms with E-state index in [0.29, 0.717) is 76.6 Å². The molecule has 0 rings (SSSR count). The second-order valence-electron chi connectivity index (χ2n) is 12.3. The molecule has 0 heterocycles. The molecule has 45 heavy (non-hydrogen) atoms. The third-order valence-corrected chi connectivity index (χ3v) is 8.99. The molecule has 268 valence electrons. The molecule has 13 nitrogen and oxygen atoms in total. The van der Waals surface area contributed by atoms with Crippen LogP contribution in [0, 0.1) is 0 Å². The topological polar surface area (TPSA) is 173 Å². The van der Waals surface area contributed by atoms with Gasteiger partial charge in [0.1, 0.15) is 11.6 Å². The lowest BCUT2D eigenvalue weighted by Crippen LogP contribution is -2.19. The highest BCUT2D eigenvalue weighted by atomic mass is 32.2. The maximum atomic E-state index is 12.1. The molecule has 0 fully saturated rings. The lowest BCUT2D eigenvalue weighted by molar-refractivity contribution is -0.119. The zero-order valence-electron chi connectivity index (χ0n) is 28.1. The van der Waals surface area contributed by atoms with Crippen LogP contribution in [0.15, 0.2) is 0 Å². The highest BCUT2D eigenvalue weighted by molar-refractivity contribution is 7.99. The molecule has 0 aromatic carbocycles. The lowest BCUT2D eigenvalue weighted by Gasteiger charge is -2.22. The van der Waals surface area contributed by atoms with Crippen LogP contribution < -0.4 is 0 Å². The van der Waals surface area contributed by atoms with Gasteiger partial charge in [-0.2, -0.15) is 11.8 Å². The number of unbranched alkanes of at least 4 members (excludes halogenated alkanes) is 4. The summed E-state index contributed by atoms with van der Waals surface area (Å²) in [7, 11) is -8.13. The van der Waals surface area contributed by atoms with Crippen molar-refractivity contribution in [2.24, 2.45) is 0 Å². The number of thioether (sulfide) groups is 1. The second kappa shape index (κ2) is 24.9. The molecule has 0 aromatic rings. The van der Waals surface area contributed by atoms with E-state index in [0.717, 1.165) is 25.7 Å². The van der Waals surface area contributed by atoms with Gasteiger partial charge < -0.3 is 24.0 Å². The largest absolute Gasteiger partial charge is 0.472 e. The predicted octanol–water partition coefficient (Wildman–Crippen LogP) is 6.28. The van der Waals surface area contributed by atoms with Gasteiger partial charge in [0.2, 0.25) is 0 Å². The Balaban J connectivity index is 3.49. The molecular weight excluding hydrogens is 650 g/mol. The van der Waals surface area contributed by atoms with Crippen LogP contribution in [0.4, 0.5) is 0 Å². The average molecular weight is 709 g/mol. The van der Waals surface area contributed by atoms with E-state index < -0.39 is 26.8 Å². The van der Waals surface area contributed by atoms with E-state index in [1.807, 2.05) is 0 Å². The number of ketones is 2. The molecular formula is C29H58O13P2S. The number of carbonyl (C=O) groups is 2. The first-order chi connectivity index (χ1) is 20.9. The fraction of sp³-hybridized carbons (Fsp3) is 0.931. The minimum Gasteiger partial charge on any atom is -0.379 e. The summed E-state index contributed by atoms with van der Waals surface area (Å²) in [5, 5.41) is 0. The van der Waals surface area contributed by atoms with Crippen molar-refractivity contribution in [2.75, 3.05) is 64.4 Å². The molecule has 0 amide bonds. The molecule has 2 atom stereocenters. The maximum Gasteiger partial charge on any atom is 0.472 e. The summed E-state index contributed by atoms with van der Waals surface area (Å²) in [4.78, 5) is 43.3. The molecule has 0 aliphatic heterocycles. The quantitative estimate of drug-likeness (QED) is 0.0630. The summed E-state index contributed by atoms with van der Waals surface area (Å²) in [6.45, 7) is 12.2. The van der Waals surface area contributed by atoms with E-state index in [2.05, 4.69) is 0 Å². The molecule has 0 saturated carbocycles. The van der Waals surface area contributed by atoms with Gasteiger partial charge in [-0.25, -0.2) is 9.13 Å². The van der Waals surface area contributed by atoms with Crippen molar-refractivity contribution < 1.29 is 60.8 Å². The summed E-state index contributed by atoms with van der Waals surface area (Å²) < 4.78 is 59.4. The highest BCUT2D eigenvalue weighted by Gasteiger charge is 2.29. The Morgan fingerprint density at radius 3 is 1.56 bits per heavy atom. The van der Waals surface area contributed by atoms with Gasteiger partial charge in [0.05, 0.1) is 63.2 Å². The number of carbonyl (C=O) groups excluding carboxylic acids is 2. The monoisotopic (exact) mass is 708 g/mol. The van der Waals surface area contributed by atoms with Gasteiger partial charge in [0, 0.05) is 31.6 Å². The average Bonchev–Trinajstić information content (AvgIpc) is 2.88. The third kappa shape index (κ3) is 33.5. The van der Waals surface area contributed by atoms with Crippen molar-refractivity contribution >= 4 is 39.0 Å². The number of ether oxygens (including phenoxy) is 3. The van der Waals surface area contributed by atoms with Gasteiger partial charge >= 0.3 is 15.6 Å². The Bertz CT molecular complexity index is 890. The number of hydrogen-bond donors (Lipinski definition) is 2. The third-order valence-electron chi connectivity index (χ3n) is 5.39. The van der Waals surface area contributed by atoms with E-state index >= 15 is 0 Å². The molecule has 0 aliphatic carbocycles. The van der Waals surface area contributed by atoms with Crippen molar-refractivity contribution in [2.45, 2.75) is 111 Å². The summed E-state index contributed by atoms with van der Waals surface area (Å²) in [6.07, 6.45) is 6.18. The number of phosphoric ester groups is 2. The van der Waals surface area contributed by atoms with Crippen molar-refractivity contribution in [3.8, 4) is 0 Å². The Kier molecular flexibility index (Phi) is 24.7. The van der Waals surface area contributed by atoms with Crippen LogP contribution in [0.5, 0.6) is 0 Å². The summed E-state index contributed by atoms with van der Waals surface area (Å²) >= 11 is 1.49. The number of phosphoric acid groups is 2. The van der Waals surface area contributed by atoms with E-state index in [4.69, 9.17) is 32.3 Å². The van der Waals surface area contributed by atoms with Gasteiger partial charge in [-0.15, -0.1) is 0 Å². The lowest BCUT2D eigenvalue weighted by atomic mass is 10.1. The first kappa shape index (κ1) is 44.8. The van der Waals surface area contributed by atoms with Gasteiger partial charge in [-0.05, 0) is 60.8 Å². The van der Waals surface area contributed by atoms with Crippen LogP contribution in [-0.4, -0.2) is 96.9 Å². The summed E-state index contributed by atoms with van der Waals surface area (Å²) in [6, 6.07) is 0. The van der Waals surface area contributed by atoms with Crippen LogP contribution in [0.3, 0.4) is 0 Å². The molecule has 2 N–H and O–H groups in total. The fourth-order valence-electron chi connectivity index (χ4n) is 3.57. The highest BCUT2D eigenvalue weighted by Crippen LogP contribution is 2.47. The molecule has 2 unspecified atom stereocenters. The molecule has 0 saturated heterocycles. The predicted molar refractivity (Wildman–Crippen MR) is 175 cm³/mol. The molecule has 0 spiro atoms. The Hall–Kier alpha value is -0.210. The van der Waals surface area contributed by atoms with Gasteiger partial charge in [-0.1, -0.05) is 19.3 Å². The van der Waals surface area contributed by atoms with Gasteiger partial charge in [-0.3, -0.25) is 27.7 Å². The molecule has 0 aromatic heterocycles. The van der Waals surface area contributed by atoms with Crippen LogP contribution in [0.1, 0.15) is 99.3 Å². The number of rotatable bonds is 30. The molecule has 0 bridgehead atoms. The fourth-order valence-corrected chi connectivity index (χ4v) is 6.62. The number of hydrogen-bond acceptors (Lipinski definition) is 12. The molecule has 16 heteroatoms. The Morgan fingerprint density at radius 1 is 0.556 bits per heavy atom. The van der Waals surface area contributed by atoms with Crippen LogP contribution in [0.2, 0.25) is 0 Å². The Labute approximate surface area is 274 Å². The molecule has 0 aliphatic rings. The zero-order valence-corrected chi connectivity index (χ0v) is 30.7. The maximum absolute atomic E-state index is 12.1. The summed E-state index contributed by atoms with van der Waals surface area (Å²) in [5.41, 5.74) is -1.54. The Morgan fingerprint density at radius 2 is 1.00 bits per heavy atom. The van der Waals surface area contributed by atoms with Crippen molar-refractivity contribution in [1.29, 1.82) is 0 Å². The van der Waals surface area contributed by atoms with Crippen LogP contribution in [-0.2, 0) is 51.0 Å². The zero-order chi connectivity index (χ0) is 34.2. The first-order valence-electron chi connectivity index (χ1n) is 15.6. The molecule has 0 radical (unpaired) electrons. The van der Waals surface area contributed by atoms with E-state index in [9.17, 15) is 28.5 Å². The van der Waals surface area contributed by atoms with E-state index in [1.165, 1.54) is 11.8 Å². The first-order valence-corrected chi connectivity index (χ1v) is 19.8. The number of Topliss-reactive ketones (excluding diaryl/α,β-unsaturated/α-hetero) is 2. The van der Waals surface area contributed by atoms with Crippen LogP contribution >= 0.6 is 27.4 Å². The smallest absolute Gasteiger partial charge is 0.379 e. The minimum atomic E-state index is -4.10. The standard InChI is InChI=1S/C29H58O13P2S/c1-28(2,3)41-43(32,33)39-17-11-9-7-8-10-13-27(31)25-45-24-15-26(30)14-12-16-36-18-19-37-20-21-38-22-23-40-44(34,35)42-29(4,5)6/h7-25H2,1-6H3,(H,32,33)(H,34,35). The van der Waals surface area contributed by atoms with Gasteiger partial charge in [0.15, 0.2) is 0 Å².